The smallest absolute Gasteiger partial charge is 0.299 e. The molecule has 0 bridgehead atoms. The fourth-order valence-corrected chi connectivity index (χ4v) is 5.25. The summed E-state index contributed by atoms with van der Waals surface area (Å²) in [5.41, 5.74) is 3.06. The summed E-state index contributed by atoms with van der Waals surface area (Å²) in [6.07, 6.45) is 1.74. The first-order chi connectivity index (χ1) is 12.1. The van der Waals surface area contributed by atoms with Gasteiger partial charge in [0.15, 0.2) is 0 Å². The molecule has 6 heteroatoms. The third-order valence-corrected chi connectivity index (χ3v) is 6.63. The van der Waals surface area contributed by atoms with Gasteiger partial charge in [0, 0.05) is 32.2 Å². The topological polar surface area (TPSA) is 52.7 Å². The van der Waals surface area contributed by atoms with Crippen molar-refractivity contribution in [2.45, 2.75) is 32.0 Å². The molecule has 25 heavy (non-hydrogen) atoms. The van der Waals surface area contributed by atoms with Crippen LogP contribution >= 0.6 is 0 Å². The van der Waals surface area contributed by atoms with Crippen molar-refractivity contribution in [1.82, 2.24) is 9.21 Å². The summed E-state index contributed by atoms with van der Waals surface area (Å²) in [7, 11) is -3.45. The fourth-order valence-electron chi connectivity index (χ4n) is 3.74. The van der Waals surface area contributed by atoms with Gasteiger partial charge < -0.3 is 0 Å². The van der Waals surface area contributed by atoms with E-state index in [0.717, 1.165) is 38.0 Å². The molecule has 5 nitrogen and oxygen atoms in total. The minimum Gasteiger partial charge on any atom is -0.299 e. The predicted octanol–water partition coefficient (Wildman–Crippen LogP) is 2.82. The van der Waals surface area contributed by atoms with Gasteiger partial charge in [-0.15, -0.1) is 0 Å². The lowest BCUT2D eigenvalue weighted by atomic mass is 10.0. The molecule has 132 valence electrons. The lowest BCUT2D eigenvalue weighted by molar-refractivity contribution is 0.150. The summed E-state index contributed by atoms with van der Waals surface area (Å²) < 4.78 is 29.6. The van der Waals surface area contributed by atoms with E-state index in [0.29, 0.717) is 12.2 Å². The molecule has 0 radical (unpaired) electrons. The highest BCUT2D eigenvalue weighted by molar-refractivity contribution is 7.90. The number of nitrogens with one attached hydrogen (secondary N) is 1. The normalized spacial score (nSPS) is 21.4. The number of hydrogen-bond donors (Lipinski definition) is 1. The Bertz CT molecular complexity index is 831. The Labute approximate surface area is 149 Å². The van der Waals surface area contributed by atoms with Crippen LogP contribution < -0.4 is 4.72 Å². The lowest BCUT2D eigenvalue weighted by Crippen LogP contribution is -2.50. The maximum Gasteiger partial charge on any atom is 0.302 e. The molecule has 0 spiro atoms. The van der Waals surface area contributed by atoms with Gasteiger partial charge in [0.1, 0.15) is 0 Å². The second-order valence-corrected chi connectivity index (χ2v) is 8.43. The van der Waals surface area contributed by atoms with Gasteiger partial charge in [0.25, 0.3) is 0 Å². The van der Waals surface area contributed by atoms with Crippen molar-refractivity contribution in [1.29, 1.82) is 0 Å². The summed E-state index contributed by atoms with van der Waals surface area (Å²) >= 11 is 0. The Morgan fingerprint density at radius 2 is 1.64 bits per heavy atom. The van der Waals surface area contributed by atoms with Crippen molar-refractivity contribution in [3.63, 3.8) is 0 Å². The van der Waals surface area contributed by atoms with Gasteiger partial charge in [0.05, 0.1) is 5.69 Å². The average molecular weight is 357 g/mol. The van der Waals surface area contributed by atoms with Gasteiger partial charge in [-0.1, -0.05) is 48.5 Å². The number of anilines is 1. The molecule has 2 aromatic carbocycles. The number of hydrogen-bond acceptors (Lipinski definition) is 3. The van der Waals surface area contributed by atoms with Crippen LogP contribution in [0.25, 0.3) is 0 Å². The van der Waals surface area contributed by atoms with Gasteiger partial charge in [0.2, 0.25) is 0 Å². The molecule has 0 aromatic heterocycles. The quantitative estimate of drug-likeness (QED) is 0.919. The summed E-state index contributed by atoms with van der Waals surface area (Å²) in [5.74, 6) is 0. The number of fused-ring (bicyclic) bond motifs is 1. The number of nitrogens with zero attached hydrogens (tertiary/aromatic N) is 2. The molecule has 1 N–H and O–H groups in total. The number of piperidine rings is 1. The van der Waals surface area contributed by atoms with Crippen LogP contribution in [0.4, 0.5) is 5.69 Å². The van der Waals surface area contributed by atoms with E-state index >= 15 is 0 Å². The van der Waals surface area contributed by atoms with Crippen molar-refractivity contribution < 1.29 is 8.42 Å². The Hall–Kier alpha value is -1.89. The molecule has 2 aliphatic rings. The molecule has 0 atom stereocenters. The van der Waals surface area contributed by atoms with Crippen LogP contribution in [-0.2, 0) is 23.3 Å². The van der Waals surface area contributed by atoms with Gasteiger partial charge in [-0.25, -0.2) is 0 Å². The van der Waals surface area contributed by atoms with Crippen molar-refractivity contribution in [3.8, 4) is 0 Å². The first kappa shape index (κ1) is 16.6. The molecule has 1 fully saturated rings. The number of benzene rings is 2. The zero-order valence-electron chi connectivity index (χ0n) is 14.1. The highest BCUT2D eigenvalue weighted by atomic mass is 32.2. The largest absolute Gasteiger partial charge is 0.302 e. The maximum absolute atomic E-state index is 12.6. The lowest BCUT2D eigenvalue weighted by Gasteiger charge is -2.39. The second-order valence-electron chi connectivity index (χ2n) is 6.80. The Morgan fingerprint density at radius 3 is 2.40 bits per heavy atom. The van der Waals surface area contributed by atoms with E-state index in [9.17, 15) is 8.42 Å². The van der Waals surface area contributed by atoms with Crippen molar-refractivity contribution in [3.05, 3.63) is 65.7 Å². The van der Waals surface area contributed by atoms with E-state index in [1.807, 2.05) is 30.3 Å². The molecule has 0 amide bonds. The summed E-state index contributed by atoms with van der Waals surface area (Å²) in [6.45, 7) is 3.25. The monoisotopic (exact) mass is 357 g/mol. The third-order valence-electron chi connectivity index (χ3n) is 5.10. The van der Waals surface area contributed by atoms with E-state index in [1.54, 1.807) is 4.31 Å². The first-order valence-corrected chi connectivity index (χ1v) is 10.2. The SMILES string of the molecule is O=S1(=O)Nc2ccccc2CN1C1CCN(Cc2ccccc2)CC1. The molecule has 0 aliphatic carbocycles. The predicted molar refractivity (Wildman–Crippen MR) is 99.3 cm³/mol. The van der Waals surface area contributed by atoms with Crippen LogP contribution in [0.3, 0.4) is 0 Å². The number of rotatable bonds is 3. The minimum atomic E-state index is -3.45. The molecular formula is C19H23N3O2S. The zero-order valence-corrected chi connectivity index (χ0v) is 15.0. The fraction of sp³-hybridized carbons (Fsp3) is 0.368. The van der Waals surface area contributed by atoms with Crippen LogP contribution in [0.15, 0.2) is 54.6 Å². The molecule has 2 heterocycles. The Kier molecular flexibility index (Phi) is 4.50. The van der Waals surface area contributed by atoms with Gasteiger partial charge in [-0.2, -0.15) is 12.7 Å². The summed E-state index contributed by atoms with van der Waals surface area (Å²) in [4.78, 5) is 2.41. The molecule has 0 unspecified atom stereocenters. The highest BCUT2D eigenvalue weighted by Gasteiger charge is 2.36. The molecule has 2 aromatic rings. The molecule has 1 saturated heterocycles. The van der Waals surface area contributed by atoms with E-state index < -0.39 is 10.2 Å². The summed E-state index contributed by atoms with van der Waals surface area (Å²) in [5, 5.41) is 0. The van der Waals surface area contributed by atoms with Crippen LogP contribution in [-0.4, -0.2) is 36.8 Å². The maximum atomic E-state index is 12.6. The van der Waals surface area contributed by atoms with Crippen LogP contribution in [0.1, 0.15) is 24.0 Å². The van der Waals surface area contributed by atoms with Crippen LogP contribution in [0.5, 0.6) is 0 Å². The Balaban J connectivity index is 1.42. The van der Waals surface area contributed by atoms with E-state index in [1.165, 1.54) is 5.56 Å². The average Bonchev–Trinajstić information content (AvgIpc) is 2.62. The van der Waals surface area contributed by atoms with Gasteiger partial charge >= 0.3 is 10.2 Å². The van der Waals surface area contributed by atoms with E-state index in [-0.39, 0.29) is 6.04 Å². The number of para-hydroxylation sites is 1. The van der Waals surface area contributed by atoms with Crippen molar-refractivity contribution in [2.75, 3.05) is 17.8 Å². The molecule has 0 saturated carbocycles. The van der Waals surface area contributed by atoms with Gasteiger partial charge in [-0.3, -0.25) is 9.62 Å². The summed E-state index contributed by atoms with van der Waals surface area (Å²) in [6, 6.07) is 18.1. The van der Waals surface area contributed by atoms with Gasteiger partial charge in [-0.05, 0) is 30.0 Å². The molecule has 2 aliphatic heterocycles. The zero-order chi connectivity index (χ0) is 17.3. The van der Waals surface area contributed by atoms with Crippen LogP contribution in [0, 0.1) is 0 Å². The van der Waals surface area contributed by atoms with Crippen molar-refractivity contribution >= 4 is 15.9 Å². The molecular weight excluding hydrogens is 334 g/mol. The van der Waals surface area contributed by atoms with E-state index in [2.05, 4.69) is 33.9 Å². The number of likely N-dealkylation sites (tertiary alicyclic amines) is 1. The first-order valence-electron chi connectivity index (χ1n) is 8.75. The van der Waals surface area contributed by atoms with E-state index in [4.69, 9.17) is 0 Å². The standard InChI is InChI=1S/C19H23N3O2S/c23-25(24)20-19-9-5-4-8-17(19)15-22(25)18-10-12-21(13-11-18)14-16-6-2-1-3-7-16/h1-9,18,20H,10-15H2. The van der Waals surface area contributed by atoms with Crippen molar-refractivity contribution in [2.24, 2.45) is 0 Å². The second kappa shape index (κ2) is 6.78. The Morgan fingerprint density at radius 1 is 0.960 bits per heavy atom. The third kappa shape index (κ3) is 3.56. The van der Waals surface area contributed by atoms with Crippen LogP contribution in [0.2, 0.25) is 0 Å². The highest BCUT2D eigenvalue weighted by Crippen LogP contribution is 2.30. The minimum absolute atomic E-state index is 0.0675. The molecule has 4 rings (SSSR count).